The molecule has 1 aromatic carbocycles. The summed E-state index contributed by atoms with van der Waals surface area (Å²) in [5.41, 5.74) is 1.48. The van der Waals surface area contributed by atoms with E-state index in [1.165, 1.54) is 22.3 Å². The van der Waals surface area contributed by atoms with Gasteiger partial charge in [0.2, 0.25) is 0 Å². The number of amides is 1. The van der Waals surface area contributed by atoms with Crippen LogP contribution in [0, 0.1) is 13.8 Å². The van der Waals surface area contributed by atoms with Crippen molar-refractivity contribution in [1.82, 2.24) is 4.98 Å². The SMILES string of the molecule is Cc1nc(CN2C(=O)C(=O)c3c(Cl)ccc(Cl)c32)sc1C. The van der Waals surface area contributed by atoms with Crippen LogP contribution < -0.4 is 4.90 Å². The number of rotatable bonds is 2. The number of nitrogens with zero attached hydrogens (tertiary/aromatic N) is 2. The molecule has 1 amide bonds. The predicted octanol–water partition coefficient (Wildman–Crippen LogP) is 3.80. The molecule has 108 valence electrons. The Balaban J connectivity index is 2.07. The van der Waals surface area contributed by atoms with E-state index in [2.05, 4.69) is 4.98 Å². The second-order valence-electron chi connectivity index (χ2n) is 4.72. The minimum atomic E-state index is -0.623. The van der Waals surface area contributed by atoms with E-state index in [1.54, 1.807) is 6.07 Å². The van der Waals surface area contributed by atoms with Crippen molar-refractivity contribution >= 4 is 51.9 Å². The number of ketones is 1. The highest BCUT2D eigenvalue weighted by molar-refractivity contribution is 7.11. The number of benzene rings is 1. The zero-order chi connectivity index (χ0) is 15.3. The third-order valence-electron chi connectivity index (χ3n) is 3.38. The average Bonchev–Trinajstić information content (AvgIpc) is 2.87. The molecular formula is C14H10Cl2N2O2S. The summed E-state index contributed by atoms with van der Waals surface area (Å²) in [6.07, 6.45) is 0. The fourth-order valence-electron chi connectivity index (χ4n) is 2.24. The summed E-state index contributed by atoms with van der Waals surface area (Å²) in [6, 6.07) is 3.11. The highest BCUT2D eigenvalue weighted by atomic mass is 35.5. The first-order chi connectivity index (χ1) is 9.90. The Morgan fingerprint density at radius 2 is 1.86 bits per heavy atom. The van der Waals surface area contributed by atoms with Crippen molar-refractivity contribution in [3.63, 3.8) is 0 Å². The molecule has 21 heavy (non-hydrogen) atoms. The standard InChI is InChI=1S/C14H10Cl2N2O2S/c1-6-7(2)21-10(17-6)5-18-12-9(16)4-3-8(15)11(12)13(19)14(18)20/h3-4H,5H2,1-2H3. The number of hydrogen-bond acceptors (Lipinski definition) is 4. The molecule has 0 bridgehead atoms. The summed E-state index contributed by atoms with van der Waals surface area (Å²) in [4.78, 5) is 31.1. The predicted molar refractivity (Wildman–Crippen MR) is 83.6 cm³/mol. The lowest BCUT2D eigenvalue weighted by Crippen LogP contribution is -2.29. The van der Waals surface area contributed by atoms with E-state index in [0.717, 1.165) is 15.6 Å². The monoisotopic (exact) mass is 340 g/mol. The lowest BCUT2D eigenvalue weighted by Gasteiger charge is -2.16. The van der Waals surface area contributed by atoms with E-state index < -0.39 is 11.7 Å². The van der Waals surface area contributed by atoms with Crippen molar-refractivity contribution in [2.24, 2.45) is 0 Å². The molecule has 0 spiro atoms. The third-order valence-corrected chi connectivity index (χ3v) is 5.06. The van der Waals surface area contributed by atoms with Gasteiger partial charge in [-0.1, -0.05) is 23.2 Å². The maximum Gasteiger partial charge on any atom is 0.299 e. The van der Waals surface area contributed by atoms with E-state index in [0.29, 0.717) is 10.7 Å². The Morgan fingerprint density at radius 3 is 2.48 bits per heavy atom. The van der Waals surface area contributed by atoms with Crippen LogP contribution in [0.1, 0.15) is 25.9 Å². The van der Waals surface area contributed by atoms with Gasteiger partial charge >= 0.3 is 0 Å². The number of thiazole rings is 1. The molecule has 0 saturated carbocycles. The topological polar surface area (TPSA) is 50.3 Å². The first-order valence-corrected chi connectivity index (χ1v) is 7.74. The van der Waals surface area contributed by atoms with Gasteiger partial charge in [0.15, 0.2) is 0 Å². The molecule has 2 aromatic rings. The lowest BCUT2D eigenvalue weighted by molar-refractivity contribution is -0.114. The second-order valence-corrected chi connectivity index (χ2v) is 6.82. The van der Waals surface area contributed by atoms with Crippen molar-refractivity contribution in [2.45, 2.75) is 20.4 Å². The van der Waals surface area contributed by atoms with Gasteiger partial charge in [-0.25, -0.2) is 4.98 Å². The first-order valence-electron chi connectivity index (χ1n) is 6.17. The van der Waals surface area contributed by atoms with Gasteiger partial charge in [0.05, 0.1) is 33.5 Å². The van der Waals surface area contributed by atoms with E-state index >= 15 is 0 Å². The van der Waals surface area contributed by atoms with Crippen LogP contribution >= 0.6 is 34.5 Å². The summed E-state index contributed by atoms with van der Waals surface area (Å²) in [5.74, 6) is -1.24. The van der Waals surface area contributed by atoms with Gasteiger partial charge in [0.25, 0.3) is 11.7 Å². The number of carbonyl (C=O) groups is 2. The van der Waals surface area contributed by atoms with Crippen molar-refractivity contribution in [2.75, 3.05) is 4.90 Å². The maximum atomic E-state index is 12.2. The second kappa shape index (κ2) is 5.09. The maximum absolute atomic E-state index is 12.2. The van der Waals surface area contributed by atoms with E-state index in [4.69, 9.17) is 23.2 Å². The molecule has 4 nitrogen and oxygen atoms in total. The molecule has 3 rings (SSSR count). The zero-order valence-electron chi connectivity index (χ0n) is 11.2. The lowest BCUT2D eigenvalue weighted by atomic mass is 10.1. The molecule has 0 N–H and O–H groups in total. The zero-order valence-corrected chi connectivity index (χ0v) is 13.6. The Labute approximate surface area is 135 Å². The highest BCUT2D eigenvalue weighted by Gasteiger charge is 2.39. The molecule has 1 aliphatic rings. The van der Waals surface area contributed by atoms with Gasteiger partial charge in [0, 0.05) is 4.88 Å². The van der Waals surface area contributed by atoms with Crippen molar-refractivity contribution in [3.05, 3.63) is 43.3 Å². The Morgan fingerprint density at radius 1 is 1.19 bits per heavy atom. The quantitative estimate of drug-likeness (QED) is 0.781. The van der Waals surface area contributed by atoms with Gasteiger partial charge in [0.1, 0.15) is 5.01 Å². The van der Waals surface area contributed by atoms with Gasteiger partial charge in [-0.15, -0.1) is 11.3 Å². The third kappa shape index (κ3) is 2.25. The normalized spacial score (nSPS) is 14.0. The van der Waals surface area contributed by atoms with E-state index in [9.17, 15) is 9.59 Å². The van der Waals surface area contributed by atoms with Crippen LogP contribution in [-0.2, 0) is 11.3 Å². The number of carbonyl (C=O) groups excluding carboxylic acids is 2. The van der Waals surface area contributed by atoms with Crippen LogP contribution in [-0.4, -0.2) is 16.7 Å². The first kappa shape index (κ1) is 14.5. The van der Waals surface area contributed by atoms with Gasteiger partial charge in [-0.2, -0.15) is 0 Å². The number of anilines is 1. The summed E-state index contributed by atoms with van der Waals surface area (Å²) in [6.45, 7) is 4.09. The number of aryl methyl sites for hydroxylation is 2. The van der Waals surface area contributed by atoms with Crippen LogP contribution in [0.2, 0.25) is 10.0 Å². The molecule has 0 radical (unpaired) electrons. The van der Waals surface area contributed by atoms with Crippen molar-refractivity contribution in [1.29, 1.82) is 0 Å². The summed E-state index contributed by atoms with van der Waals surface area (Å²) in [5, 5.41) is 1.33. The summed E-state index contributed by atoms with van der Waals surface area (Å²) >= 11 is 13.7. The number of Topliss-reactive ketones (excluding diaryl/α,β-unsaturated/α-hetero) is 1. The molecule has 2 heterocycles. The number of aromatic nitrogens is 1. The average molecular weight is 341 g/mol. The van der Waals surface area contributed by atoms with Crippen LogP contribution in [0.5, 0.6) is 0 Å². The Kier molecular flexibility index (Phi) is 3.51. The number of halogens is 2. The largest absolute Gasteiger partial charge is 0.299 e. The molecule has 1 aliphatic heterocycles. The Hall–Kier alpha value is -1.43. The molecule has 0 fully saturated rings. The smallest absolute Gasteiger partial charge is 0.296 e. The molecule has 0 saturated heterocycles. The van der Waals surface area contributed by atoms with E-state index in [-0.39, 0.29) is 17.1 Å². The van der Waals surface area contributed by atoms with Gasteiger partial charge < -0.3 is 0 Å². The fraction of sp³-hybridized carbons (Fsp3) is 0.214. The molecule has 7 heteroatoms. The number of fused-ring (bicyclic) bond motifs is 1. The molecular weight excluding hydrogens is 331 g/mol. The van der Waals surface area contributed by atoms with Crippen molar-refractivity contribution in [3.8, 4) is 0 Å². The van der Waals surface area contributed by atoms with Gasteiger partial charge in [-0.3, -0.25) is 14.5 Å². The summed E-state index contributed by atoms with van der Waals surface area (Å²) in [7, 11) is 0. The van der Waals surface area contributed by atoms with Crippen molar-refractivity contribution < 1.29 is 9.59 Å². The Bertz CT molecular complexity index is 766. The van der Waals surface area contributed by atoms with Crippen LogP contribution in [0.15, 0.2) is 12.1 Å². The molecule has 1 aromatic heterocycles. The van der Waals surface area contributed by atoms with Gasteiger partial charge in [-0.05, 0) is 26.0 Å². The van der Waals surface area contributed by atoms with E-state index in [1.807, 2.05) is 13.8 Å². The molecule has 0 atom stereocenters. The minimum Gasteiger partial charge on any atom is -0.296 e. The van der Waals surface area contributed by atoms with Crippen LogP contribution in [0.3, 0.4) is 0 Å². The number of hydrogen-bond donors (Lipinski definition) is 0. The summed E-state index contributed by atoms with van der Waals surface area (Å²) < 4.78 is 0. The molecule has 0 aliphatic carbocycles. The van der Waals surface area contributed by atoms with Crippen LogP contribution in [0.25, 0.3) is 0 Å². The molecule has 0 unspecified atom stereocenters. The minimum absolute atomic E-state index is 0.180. The van der Waals surface area contributed by atoms with Crippen LogP contribution in [0.4, 0.5) is 5.69 Å². The fourth-order valence-corrected chi connectivity index (χ4v) is 3.67. The highest BCUT2D eigenvalue weighted by Crippen LogP contribution is 2.40.